The van der Waals surface area contributed by atoms with Gasteiger partial charge in [0.25, 0.3) is 0 Å². The van der Waals surface area contributed by atoms with Gasteiger partial charge in [0.2, 0.25) is 5.91 Å². The number of aryl methyl sites for hydroxylation is 1. The van der Waals surface area contributed by atoms with E-state index in [4.69, 9.17) is 9.47 Å². The van der Waals surface area contributed by atoms with E-state index in [0.717, 1.165) is 50.5 Å². The minimum absolute atomic E-state index is 0.0424. The van der Waals surface area contributed by atoms with Crippen LogP contribution in [0.1, 0.15) is 52.9 Å². The first-order chi connectivity index (χ1) is 11.2. The zero-order valence-corrected chi connectivity index (χ0v) is 14.3. The number of rotatable bonds is 6. The summed E-state index contributed by atoms with van der Waals surface area (Å²) in [6.45, 7) is 0.609. The number of anilines is 1. The summed E-state index contributed by atoms with van der Waals surface area (Å²) in [5.41, 5.74) is 1.65. The molecule has 3 rings (SSSR count). The van der Waals surface area contributed by atoms with Crippen molar-refractivity contribution in [2.24, 2.45) is 5.92 Å². The van der Waals surface area contributed by atoms with Crippen molar-refractivity contribution < 1.29 is 19.1 Å². The van der Waals surface area contributed by atoms with Crippen molar-refractivity contribution in [2.45, 2.75) is 44.9 Å². The van der Waals surface area contributed by atoms with Crippen LogP contribution < -0.4 is 5.32 Å². The predicted molar refractivity (Wildman–Crippen MR) is 89.1 cm³/mol. The molecular weight excluding hydrogens is 314 g/mol. The Hall–Kier alpha value is -1.40. The molecule has 1 amide bonds. The van der Waals surface area contributed by atoms with Crippen molar-refractivity contribution in [3.05, 3.63) is 16.0 Å². The molecule has 0 aromatic carbocycles. The van der Waals surface area contributed by atoms with E-state index in [9.17, 15) is 9.59 Å². The Kier molecular flexibility index (Phi) is 5.33. The van der Waals surface area contributed by atoms with E-state index in [0.29, 0.717) is 17.2 Å². The van der Waals surface area contributed by atoms with Crippen LogP contribution in [0.5, 0.6) is 0 Å². The lowest BCUT2D eigenvalue weighted by molar-refractivity contribution is -0.122. The summed E-state index contributed by atoms with van der Waals surface area (Å²) in [6, 6.07) is 0. The lowest BCUT2D eigenvalue weighted by Gasteiger charge is -2.23. The highest BCUT2D eigenvalue weighted by atomic mass is 32.1. The molecule has 2 aliphatic rings. The highest BCUT2D eigenvalue weighted by Crippen LogP contribution is 2.39. The Morgan fingerprint density at radius 3 is 2.65 bits per heavy atom. The quantitative estimate of drug-likeness (QED) is 0.640. The normalized spacial score (nSPS) is 17.3. The van der Waals surface area contributed by atoms with E-state index in [1.54, 1.807) is 18.4 Å². The van der Waals surface area contributed by atoms with Crippen molar-refractivity contribution in [3.8, 4) is 0 Å². The van der Waals surface area contributed by atoms with Gasteiger partial charge in [0.1, 0.15) is 11.6 Å². The molecule has 0 radical (unpaired) electrons. The minimum atomic E-state index is -0.342. The lowest BCUT2D eigenvalue weighted by Crippen LogP contribution is -2.28. The fraction of sp³-hybridized carbons (Fsp3) is 0.647. The molecule has 1 saturated carbocycles. The fourth-order valence-corrected chi connectivity index (χ4v) is 4.32. The number of ether oxygens (including phenoxy) is 2. The zero-order valence-electron chi connectivity index (χ0n) is 13.5. The second-order valence-electron chi connectivity index (χ2n) is 6.16. The maximum absolute atomic E-state index is 12.5. The van der Waals surface area contributed by atoms with Gasteiger partial charge in [-0.1, -0.05) is 6.42 Å². The van der Waals surface area contributed by atoms with E-state index in [-0.39, 0.29) is 24.4 Å². The summed E-state index contributed by atoms with van der Waals surface area (Å²) >= 11 is 1.55. The van der Waals surface area contributed by atoms with Crippen molar-refractivity contribution in [1.82, 2.24) is 0 Å². The van der Waals surface area contributed by atoms with Crippen LogP contribution in [-0.4, -0.2) is 32.2 Å². The molecule has 0 aliphatic heterocycles. The predicted octanol–water partition coefficient (Wildman–Crippen LogP) is 3.17. The second kappa shape index (κ2) is 7.45. The maximum Gasteiger partial charge on any atom is 0.341 e. The smallest absolute Gasteiger partial charge is 0.341 e. The highest BCUT2D eigenvalue weighted by Gasteiger charge is 2.30. The molecule has 1 N–H and O–H groups in total. The highest BCUT2D eigenvalue weighted by molar-refractivity contribution is 7.17. The third kappa shape index (κ3) is 3.58. The van der Waals surface area contributed by atoms with Crippen LogP contribution >= 0.6 is 11.3 Å². The molecule has 6 heteroatoms. The van der Waals surface area contributed by atoms with Crippen LogP contribution in [0.15, 0.2) is 0 Å². The number of thiophene rings is 1. The summed E-state index contributed by atoms with van der Waals surface area (Å²) in [4.78, 5) is 26.0. The van der Waals surface area contributed by atoms with Crippen LogP contribution in [0, 0.1) is 5.92 Å². The molecule has 1 fully saturated rings. The van der Waals surface area contributed by atoms with Crippen LogP contribution in [0.4, 0.5) is 5.00 Å². The average Bonchev–Trinajstić information content (AvgIpc) is 2.83. The summed E-state index contributed by atoms with van der Waals surface area (Å²) < 4.78 is 10.2. The van der Waals surface area contributed by atoms with E-state index in [1.165, 1.54) is 4.88 Å². The third-order valence-corrected chi connectivity index (χ3v) is 5.82. The number of hydrogen-bond acceptors (Lipinski definition) is 5. The van der Waals surface area contributed by atoms with Crippen molar-refractivity contribution >= 4 is 28.2 Å². The number of carbonyl (C=O) groups is 2. The van der Waals surface area contributed by atoms with E-state index in [2.05, 4.69) is 5.32 Å². The van der Waals surface area contributed by atoms with Gasteiger partial charge in [0.15, 0.2) is 0 Å². The van der Waals surface area contributed by atoms with Gasteiger partial charge in [0, 0.05) is 17.9 Å². The van der Waals surface area contributed by atoms with Gasteiger partial charge in [-0.15, -0.1) is 11.3 Å². The largest absolute Gasteiger partial charge is 0.460 e. The molecule has 0 atom stereocenters. The topological polar surface area (TPSA) is 64.6 Å². The van der Waals surface area contributed by atoms with Gasteiger partial charge < -0.3 is 14.8 Å². The molecule has 1 aromatic rings. The van der Waals surface area contributed by atoms with Crippen molar-refractivity contribution in [3.63, 3.8) is 0 Å². The first-order valence-electron chi connectivity index (χ1n) is 8.32. The molecule has 1 aromatic heterocycles. The van der Waals surface area contributed by atoms with E-state index < -0.39 is 0 Å². The molecule has 0 saturated heterocycles. The summed E-state index contributed by atoms with van der Waals surface area (Å²) in [5.74, 6) is -0.197. The van der Waals surface area contributed by atoms with Gasteiger partial charge in [-0.25, -0.2) is 4.79 Å². The molecule has 5 nitrogen and oxygen atoms in total. The number of hydrogen-bond donors (Lipinski definition) is 1. The molecule has 1 heterocycles. The van der Waals surface area contributed by atoms with Crippen molar-refractivity contribution in [2.75, 3.05) is 25.6 Å². The standard InChI is InChI=1S/C17H23NO4S/c1-21-9-10-22-17(20)14-12-7-2-3-8-13(12)23-16(14)18-15(19)11-5-4-6-11/h11H,2-10H2,1H3,(H,18,19). The Morgan fingerprint density at radius 1 is 1.17 bits per heavy atom. The number of amides is 1. The average molecular weight is 337 g/mol. The zero-order chi connectivity index (χ0) is 16.2. The van der Waals surface area contributed by atoms with Crippen LogP contribution in [-0.2, 0) is 27.1 Å². The third-order valence-electron chi connectivity index (χ3n) is 4.61. The first-order valence-corrected chi connectivity index (χ1v) is 9.13. The number of methoxy groups -OCH3 is 1. The molecule has 0 bridgehead atoms. The van der Waals surface area contributed by atoms with E-state index in [1.807, 2.05) is 0 Å². The van der Waals surface area contributed by atoms with Crippen LogP contribution in [0.25, 0.3) is 0 Å². The lowest BCUT2D eigenvalue weighted by atomic mass is 9.85. The van der Waals surface area contributed by atoms with Gasteiger partial charge in [-0.05, 0) is 44.1 Å². The van der Waals surface area contributed by atoms with Gasteiger partial charge in [-0.2, -0.15) is 0 Å². The molecule has 0 unspecified atom stereocenters. The van der Waals surface area contributed by atoms with Gasteiger partial charge in [-0.3, -0.25) is 4.79 Å². The second-order valence-corrected chi connectivity index (χ2v) is 7.27. The SMILES string of the molecule is COCCOC(=O)c1c(NC(=O)C2CCC2)sc2c1CCCC2. The number of esters is 1. The molecule has 0 spiro atoms. The fourth-order valence-electron chi connectivity index (χ4n) is 3.04. The molecule has 126 valence electrons. The Labute approximate surface area is 140 Å². The summed E-state index contributed by atoms with van der Waals surface area (Å²) in [6.07, 6.45) is 7.11. The summed E-state index contributed by atoms with van der Waals surface area (Å²) in [7, 11) is 1.57. The molecule has 2 aliphatic carbocycles. The molecule has 23 heavy (non-hydrogen) atoms. The number of fused-ring (bicyclic) bond motifs is 1. The molecular formula is C17H23NO4S. The van der Waals surface area contributed by atoms with Gasteiger partial charge >= 0.3 is 5.97 Å². The first kappa shape index (κ1) is 16.5. The van der Waals surface area contributed by atoms with Crippen LogP contribution in [0.3, 0.4) is 0 Å². The minimum Gasteiger partial charge on any atom is -0.460 e. The Balaban J connectivity index is 1.80. The summed E-state index contributed by atoms with van der Waals surface area (Å²) in [5, 5.41) is 3.67. The Morgan fingerprint density at radius 2 is 1.96 bits per heavy atom. The van der Waals surface area contributed by atoms with Gasteiger partial charge in [0.05, 0.1) is 12.2 Å². The number of nitrogens with one attached hydrogen (secondary N) is 1. The van der Waals surface area contributed by atoms with E-state index >= 15 is 0 Å². The number of carbonyl (C=O) groups excluding carboxylic acids is 2. The monoisotopic (exact) mass is 337 g/mol. The Bertz CT molecular complexity index is 592. The van der Waals surface area contributed by atoms with Crippen LogP contribution in [0.2, 0.25) is 0 Å². The maximum atomic E-state index is 12.5. The van der Waals surface area contributed by atoms with Crippen molar-refractivity contribution in [1.29, 1.82) is 0 Å².